The Balaban J connectivity index is 0.000000262. The molecule has 0 radical (unpaired) electrons. The van der Waals surface area contributed by atoms with E-state index in [-0.39, 0.29) is 6.61 Å². The summed E-state index contributed by atoms with van der Waals surface area (Å²) in [5, 5.41) is 0.683. The molecule has 82 valence electrons. The molecule has 5 nitrogen and oxygen atoms in total. The van der Waals surface area contributed by atoms with Crippen molar-refractivity contribution in [2.75, 3.05) is 6.61 Å². The second-order valence-corrected chi connectivity index (χ2v) is 2.69. The van der Waals surface area contributed by atoms with Gasteiger partial charge in [0.2, 0.25) is 0 Å². The molecule has 0 aliphatic rings. The smallest absolute Gasteiger partial charge is 0.396 e. The third-order valence-corrected chi connectivity index (χ3v) is 1.33. The minimum absolute atomic E-state index is 0.182. The number of pyridine rings is 1. The number of nitrogens with zero attached hydrogens (tertiary/aromatic N) is 1. The second kappa shape index (κ2) is 7.75. The van der Waals surface area contributed by atoms with Crippen LogP contribution in [0.15, 0.2) is 24.5 Å². The fourth-order valence-electron chi connectivity index (χ4n) is 0.544. The Bertz CT molecular complexity index is 316. The number of amides is 1. The first-order valence-electron chi connectivity index (χ1n) is 4.10. The van der Waals surface area contributed by atoms with E-state index >= 15 is 0 Å². The first-order valence-corrected chi connectivity index (χ1v) is 4.47. The van der Waals surface area contributed by atoms with Gasteiger partial charge in [0.05, 0.1) is 11.6 Å². The number of halogens is 1. The summed E-state index contributed by atoms with van der Waals surface area (Å²) in [6.45, 7) is 1.78. The lowest BCUT2D eigenvalue weighted by Crippen LogP contribution is -2.25. The van der Waals surface area contributed by atoms with Crippen LogP contribution in [-0.4, -0.2) is 23.5 Å². The lowest BCUT2D eigenvalue weighted by molar-refractivity contribution is -0.153. The molecule has 1 aromatic heterocycles. The number of hydrogen-bond acceptors (Lipinski definition) is 4. The molecule has 0 saturated carbocycles. The van der Waals surface area contributed by atoms with Crippen LogP contribution in [0.1, 0.15) is 6.92 Å². The van der Waals surface area contributed by atoms with Crippen molar-refractivity contribution < 1.29 is 14.3 Å². The van der Waals surface area contributed by atoms with E-state index in [1.54, 1.807) is 31.5 Å². The number of nitrogens with two attached hydrogens (primary N) is 1. The molecule has 0 aliphatic heterocycles. The van der Waals surface area contributed by atoms with E-state index in [2.05, 4.69) is 15.5 Å². The fourth-order valence-corrected chi connectivity index (χ4v) is 0.673. The highest BCUT2D eigenvalue weighted by molar-refractivity contribution is 6.31. The van der Waals surface area contributed by atoms with Crippen molar-refractivity contribution in [2.24, 2.45) is 5.73 Å². The minimum atomic E-state index is -1.05. The predicted octanol–water partition coefficient (Wildman–Crippen LogP) is 0.770. The van der Waals surface area contributed by atoms with E-state index in [1.807, 2.05) is 0 Å². The number of ether oxygens (including phenoxy) is 1. The summed E-state index contributed by atoms with van der Waals surface area (Å²) >= 11 is 5.48. The average Bonchev–Trinajstić information content (AvgIpc) is 2.20. The van der Waals surface area contributed by atoms with Crippen LogP contribution in [0, 0.1) is 0 Å². The van der Waals surface area contributed by atoms with Gasteiger partial charge in [0.25, 0.3) is 0 Å². The van der Waals surface area contributed by atoms with Crippen molar-refractivity contribution in [3.8, 4) is 0 Å². The van der Waals surface area contributed by atoms with Crippen LogP contribution in [0.2, 0.25) is 5.02 Å². The SMILES string of the molecule is CCOC(=O)C(N)=O.Clc1cccnc1. The molecular formula is C9H11ClN2O3. The van der Waals surface area contributed by atoms with Crippen molar-refractivity contribution in [2.45, 2.75) is 6.92 Å². The van der Waals surface area contributed by atoms with Crippen LogP contribution in [0.3, 0.4) is 0 Å². The monoisotopic (exact) mass is 230 g/mol. The summed E-state index contributed by atoms with van der Waals surface area (Å²) in [6, 6.07) is 3.58. The minimum Gasteiger partial charge on any atom is -0.459 e. The van der Waals surface area contributed by atoms with Gasteiger partial charge in [0.1, 0.15) is 0 Å². The standard InChI is InChI=1S/C5H4ClN.C4H7NO3/c6-5-2-1-3-7-4-5;1-2-8-4(7)3(5)6/h1-4H;2H2,1H3,(H2,5,6). The van der Waals surface area contributed by atoms with E-state index in [9.17, 15) is 9.59 Å². The summed E-state index contributed by atoms with van der Waals surface area (Å²) in [6.07, 6.45) is 3.29. The summed E-state index contributed by atoms with van der Waals surface area (Å²) in [5.74, 6) is -2.03. The van der Waals surface area contributed by atoms with Crippen LogP contribution < -0.4 is 5.73 Å². The highest BCUT2D eigenvalue weighted by Gasteiger charge is 2.06. The zero-order valence-corrected chi connectivity index (χ0v) is 8.90. The lowest BCUT2D eigenvalue weighted by Gasteiger charge is -1.92. The van der Waals surface area contributed by atoms with Gasteiger partial charge in [-0.3, -0.25) is 9.78 Å². The highest BCUT2D eigenvalue weighted by Crippen LogP contribution is 2.00. The Hall–Kier alpha value is -1.62. The van der Waals surface area contributed by atoms with Gasteiger partial charge < -0.3 is 10.5 Å². The molecule has 1 aromatic rings. The largest absolute Gasteiger partial charge is 0.459 e. The zero-order valence-electron chi connectivity index (χ0n) is 8.14. The van der Waals surface area contributed by atoms with E-state index < -0.39 is 11.9 Å². The van der Waals surface area contributed by atoms with Crippen molar-refractivity contribution in [3.05, 3.63) is 29.5 Å². The van der Waals surface area contributed by atoms with Gasteiger partial charge in [0, 0.05) is 12.4 Å². The molecule has 0 unspecified atom stereocenters. The van der Waals surface area contributed by atoms with Crippen LogP contribution >= 0.6 is 11.6 Å². The van der Waals surface area contributed by atoms with Crippen molar-refractivity contribution in [3.63, 3.8) is 0 Å². The molecule has 1 heterocycles. The summed E-state index contributed by atoms with van der Waals surface area (Å²) < 4.78 is 4.19. The quantitative estimate of drug-likeness (QED) is 0.571. The Kier molecular flexibility index (Phi) is 6.92. The number of hydrogen-bond donors (Lipinski definition) is 1. The van der Waals surface area contributed by atoms with Crippen molar-refractivity contribution >= 4 is 23.5 Å². The van der Waals surface area contributed by atoms with Crippen LogP contribution in [0.5, 0.6) is 0 Å². The Morgan fingerprint density at radius 3 is 2.47 bits per heavy atom. The lowest BCUT2D eigenvalue weighted by atomic mass is 10.5. The molecule has 0 aliphatic carbocycles. The van der Waals surface area contributed by atoms with Gasteiger partial charge in [0.15, 0.2) is 0 Å². The maximum absolute atomic E-state index is 10.0. The van der Waals surface area contributed by atoms with Gasteiger partial charge in [-0.25, -0.2) is 4.79 Å². The molecule has 15 heavy (non-hydrogen) atoms. The summed E-state index contributed by atoms with van der Waals surface area (Å²) in [7, 11) is 0. The zero-order chi connectivity index (χ0) is 11.7. The number of esters is 1. The number of rotatable bonds is 1. The Labute approximate surface area is 92.2 Å². The number of primary amides is 1. The van der Waals surface area contributed by atoms with E-state index in [0.29, 0.717) is 5.02 Å². The van der Waals surface area contributed by atoms with E-state index in [1.165, 1.54) is 0 Å². The second-order valence-electron chi connectivity index (χ2n) is 2.26. The number of aromatic nitrogens is 1. The normalized spacial score (nSPS) is 8.40. The van der Waals surface area contributed by atoms with E-state index in [4.69, 9.17) is 11.6 Å². The summed E-state index contributed by atoms with van der Waals surface area (Å²) in [5.41, 5.74) is 4.51. The van der Waals surface area contributed by atoms with Crippen molar-refractivity contribution in [1.82, 2.24) is 4.98 Å². The van der Waals surface area contributed by atoms with Gasteiger partial charge >= 0.3 is 11.9 Å². The molecule has 0 bridgehead atoms. The molecule has 0 saturated heterocycles. The first kappa shape index (κ1) is 13.4. The Morgan fingerprint density at radius 2 is 2.27 bits per heavy atom. The van der Waals surface area contributed by atoms with E-state index in [0.717, 1.165) is 0 Å². The summed E-state index contributed by atoms with van der Waals surface area (Å²) in [4.78, 5) is 23.6. The van der Waals surface area contributed by atoms with Gasteiger partial charge in [-0.05, 0) is 19.1 Å². The maximum atomic E-state index is 10.0. The molecular weight excluding hydrogens is 220 g/mol. The van der Waals surface area contributed by atoms with Crippen LogP contribution in [0.4, 0.5) is 0 Å². The third-order valence-electron chi connectivity index (χ3n) is 1.10. The molecule has 0 spiro atoms. The van der Waals surface area contributed by atoms with Crippen LogP contribution in [-0.2, 0) is 14.3 Å². The van der Waals surface area contributed by atoms with Gasteiger partial charge in [-0.2, -0.15) is 0 Å². The molecule has 0 aromatic carbocycles. The third kappa shape index (κ3) is 7.45. The molecule has 1 rings (SSSR count). The molecule has 6 heteroatoms. The van der Waals surface area contributed by atoms with Crippen molar-refractivity contribution in [1.29, 1.82) is 0 Å². The Morgan fingerprint density at radius 1 is 1.60 bits per heavy atom. The first-order chi connectivity index (χ1) is 7.07. The topological polar surface area (TPSA) is 82.3 Å². The number of carbonyl (C=O) groups excluding carboxylic acids is 2. The maximum Gasteiger partial charge on any atom is 0.396 e. The molecule has 2 N–H and O–H groups in total. The number of carbonyl (C=O) groups is 2. The highest BCUT2D eigenvalue weighted by atomic mass is 35.5. The fraction of sp³-hybridized carbons (Fsp3) is 0.222. The van der Waals surface area contributed by atoms with Gasteiger partial charge in [-0.15, -0.1) is 0 Å². The van der Waals surface area contributed by atoms with Gasteiger partial charge in [-0.1, -0.05) is 11.6 Å². The molecule has 1 amide bonds. The predicted molar refractivity (Wildman–Crippen MR) is 55.1 cm³/mol. The average molecular weight is 231 g/mol. The molecule has 0 fully saturated rings. The van der Waals surface area contributed by atoms with Crippen LogP contribution in [0.25, 0.3) is 0 Å². The molecule has 0 atom stereocenters.